The second-order valence-corrected chi connectivity index (χ2v) is 11.3. The van der Waals surface area contributed by atoms with Gasteiger partial charge in [0.15, 0.2) is 0 Å². The number of esters is 1. The molecule has 1 aliphatic heterocycles. The van der Waals surface area contributed by atoms with Crippen LogP contribution in [0, 0.1) is 5.92 Å². The van der Waals surface area contributed by atoms with E-state index in [0.717, 1.165) is 27.1 Å². The second-order valence-electron chi connectivity index (χ2n) is 10.2. The number of hydrogen-bond acceptors (Lipinski definition) is 10. The molecule has 40 heavy (non-hydrogen) atoms. The summed E-state index contributed by atoms with van der Waals surface area (Å²) in [4.78, 5) is 72.1. The molecule has 12 heteroatoms. The van der Waals surface area contributed by atoms with E-state index in [9.17, 15) is 24.0 Å². The van der Waals surface area contributed by atoms with Crippen molar-refractivity contribution in [3.05, 3.63) is 82.0 Å². The van der Waals surface area contributed by atoms with Crippen molar-refractivity contribution in [2.75, 3.05) is 23.8 Å². The molecule has 1 aliphatic carbocycles. The summed E-state index contributed by atoms with van der Waals surface area (Å²) >= 11 is 1.39. The van der Waals surface area contributed by atoms with Gasteiger partial charge in [0.25, 0.3) is 22.3 Å². The van der Waals surface area contributed by atoms with Gasteiger partial charge in [-0.2, -0.15) is 0 Å². The van der Waals surface area contributed by atoms with Gasteiger partial charge in [0.2, 0.25) is 5.82 Å². The van der Waals surface area contributed by atoms with E-state index in [1.165, 1.54) is 11.3 Å². The summed E-state index contributed by atoms with van der Waals surface area (Å²) in [6, 6.07) is 5.87. The summed E-state index contributed by atoms with van der Waals surface area (Å²) < 4.78 is 5.17. The lowest BCUT2D eigenvalue weighted by Crippen LogP contribution is -2.44. The number of anilines is 2. The van der Waals surface area contributed by atoms with Crippen molar-refractivity contribution < 1.29 is 14.3 Å². The third kappa shape index (κ3) is 4.37. The summed E-state index contributed by atoms with van der Waals surface area (Å²) in [5, 5.41) is 3.26. The molecule has 0 spiro atoms. The molecule has 1 unspecified atom stereocenters. The molecule has 6 rings (SSSR count). The van der Waals surface area contributed by atoms with Crippen molar-refractivity contribution in [3.63, 3.8) is 0 Å². The van der Waals surface area contributed by atoms with Crippen LogP contribution in [-0.2, 0) is 41.9 Å². The minimum Gasteiger partial charge on any atom is -0.466 e. The van der Waals surface area contributed by atoms with E-state index in [-0.39, 0.29) is 35.6 Å². The predicted octanol–water partition coefficient (Wildman–Crippen LogP) is 1.32. The third-order valence-electron chi connectivity index (χ3n) is 7.72. The number of nitrogen functional groups attached to an aromatic ring is 1. The minimum absolute atomic E-state index is 0.0146. The van der Waals surface area contributed by atoms with Crippen molar-refractivity contribution in [2.45, 2.75) is 45.7 Å². The normalized spacial score (nSPS) is 16.5. The van der Waals surface area contributed by atoms with Crippen LogP contribution < -0.4 is 32.4 Å². The molecule has 2 aromatic carbocycles. The fraction of sp³-hybridized carbons (Fsp3) is 0.357. The number of benzene rings is 1. The van der Waals surface area contributed by atoms with Crippen molar-refractivity contribution in [2.24, 2.45) is 5.92 Å². The molecule has 0 saturated heterocycles. The summed E-state index contributed by atoms with van der Waals surface area (Å²) in [5.41, 5.74) is 8.24. The minimum atomic E-state index is -0.634. The van der Waals surface area contributed by atoms with Crippen LogP contribution in [0.15, 0.2) is 32.6 Å². The number of aryl methyl sites for hydroxylation is 1. The molecule has 0 fully saturated rings. The number of ether oxygens (including phenoxy) is 1. The van der Waals surface area contributed by atoms with Crippen LogP contribution in [0.3, 0.4) is 0 Å². The van der Waals surface area contributed by atoms with E-state index in [1.54, 1.807) is 6.92 Å². The quantitative estimate of drug-likeness (QED) is 0.233. The number of aromatic nitrogens is 2. The molecule has 0 radical (unpaired) electrons. The van der Waals surface area contributed by atoms with E-state index >= 15 is 0 Å². The average Bonchev–Trinajstić information content (AvgIpc) is 3.34. The lowest BCUT2D eigenvalue weighted by atomic mass is 9.87. The van der Waals surface area contributed by atoms with Crippen LogP contribution in [0.2, 0.25) is 0 Å². The number of amides is 1. The highest BCUT2D eigenvalue weighted by atomic mass is 32.1. The Morgan fingerprint density at radius 1 is 1.20 bits per heavy atom. The largest absolute Gasteiger partial charge is 0.466 e. The number of H-pyrrole nitrogens is 1. The monoisotopic (exact) mass is 561 g/mol. The molecule has 2 aliphatic rings. The van der Waals surface area contributed by atoms with Crippen molar-refractivity contribution in [1.82, 2.24) is 15.3 Å². The van der Waals surface area contributed by atoms with E-state index in [2.05, 4.69) is 15.3 Å². The molecule has 11 nitrogen and oxygen atoms in total. The lowest BCUT2D eigenvalue weighted by molar-refractivity contribution is -0.148. The lowest BCUT2D eigenvalue weighted by Gasteiger charge is -2.32. The molecule has 4 aromatic rings. The van der Waals surface area contributed by atoms with Gasteiger partial charge in [0, 0.05) is 24.5 Å². The number of aromatic amines is 1. The molecule has 206 valence electrons. The Morgan fingerprint density at radius 3 is 2.80 bits per heavy atom. The fourth-order valence-corrected chi connectivity index (χ4v) is 6.86. The first-order valence-corrected chi connectivity index (χ1v) is 14.0. The number of nitrogens with one attached hydrogen (secondary N) is 2. The third-order valence-corrected chi connectivity index (χ3v) is 8.91. The Balaban J connectivity index is 1.16. The van der Waals surface area contributed by atoms with Crippen molar-refractivity contribution >= 4 is 44.8 Å². The summed E-state index contributed by atoms with van der Waals surface area (Å²) in [6.45, 7) is 3.32. The van der Waals surface area contributed by atoms with Crippen molar-refractivity contribution in [1.29, 1.82) is 0 Å². The summed E-state index contributed by atoms with van der Waals surface area (Å²) in [5.74, 6) is -1.12. The maximum Gasteiger partial charge on any atom is 0.309 e. The van der Waals surface area contributed by atoms with E-state index in [1.807, 2.05) is 23.1 Å². The number of rotatable bonds is 6. The van der Waals surface area contributed by atoms with Crippen LogP contribution in [0.25, 0.3) is 10.2 Å². The SMILES string of the molecule is CCOC(=O)C1CCc2sc3nc(C(=O)NCc4ccc5c(c4)CN(c4c(N)c(=O)c4=O)CC5)[nH]c(=O)c3c2C1. The predicted molar refractivity (Wildman–Crippen MR) is 151 cm³/mol. The van der Waals surface area contributed by atoms with Gasteiger partial charge in [0.1, 0.15) is 16.2 Å². The molecule has 2 aromatic heterocycles. The number of hydrogen-bond donors (Lipinski definition) is 3. The summed E-state index contributed by atoms with van der Waals surface area (Å²) in [7, 11) is 0. The van der Waals surface area contributed by atoms with Gasteiger partial charge in [-0.15, -0.1) is 11.3 Å². The van der Waals surface area contributed by atoms with Gasteiger partial charge in [0.05, 0.1) is 17.9 Å². The first-order valence-electron chi connectivity index (χ1n) is 13.2. The van der Waals surface area contributed by atoms with Gasteiger partial charge < -0.3 is 25.7 Å². The van der Waals surface area contributed by atoms with Crippen LogP contribution in [0.5, 0.6) is 0 Å². The fourth-order valence-electron chi connectivity index (χ4n) is 5.64. The Labute approximate surface area is 231 Å². The van der Waals surface area contributed by atoms with Gasteiger partial charge in [-0.25, -0.2) is 4.98 Å². The topological polar surface area (TPSA) is 165 Å². The molecular weight excluding hydrogens is 534 g/mol. The highest BCUT2D eigenvalue weighted by molar-refractivity contribution is 7.18. The van der Waals surface area contributed by atoms with Crippen LogP contribution >= 0.6 is 11.3 Å². The second kappa shape index (κ2) is 10.0. The van der Waals surface area contributed by atoms with E-state index < -0.39 is 22.3 Å². The van der Waals surface area contributed by atoms with Crippen LogP contribution in [0.1, 0.15) is 51.1 Å². The van der Waals surface area contributed by atoms with Gasteiger partial charge in [-0.05, 0) is 54.9 Å². The van der Waals surface area contributed by atoms with E-state index in [4.69, 9.17) is 10.5 Å². The molecule has 4 N–H and O–H groups in total. The number of fused-ring (bicyclic) bond motifs is 4. The number of nitrogens with two attached hydrogens (primary N) is 1. The molecule has 3 heterocycles. The Bertz CT molecular complexity index is 1810. The van der Waals surface area contributed by atoms with E-state index in [0.29, 0.717) is 55.6 Å². The molecule has 1 amide bonds. The number of carbonyl (C=O) groups excluding carboxylic acids is 2. The highest BCUT2D eigenvalue weighted by Gasteiger charge is 2.31. The Hall–Kier alpha value is -4.32. The maximum absolute atomic E-state index is 13.0. The Kier molecular flexibility index (Phi) is 6.49. The Morgan fingerprint density at radius 2 is 2.02 bits per heavy atom. The standard InChI is InChI=1S/C28H27N5O6S/c1-2-39-28(38)15-5-6-18-17(10-15)19-25(36)31-24(32-27(19)40-18)26(37)30-11-13-3-4-14-7-8-33(12-16(14)9-13)21-20(29)22(34)23(21)35/h3-4,9,15H,2,5-8,10-12,29H2,1H3,(H,30,37)(H,31,32,36). The van der Waals surface area contributed by atoms with Gasteiger partial charge in [-0.1, -0.05) is 18.2 Å². The maximum atomic E-state index is 13.0. The van der Waals surface area contributed by atoms with Gasteiger partial charge >= 0.3 is 5.97 Å². The molecule has 1 atom stereocenters. The number of carbonyl (C=O) groups is 2. The zero-order valence-corrected chi connectivity index (χ0v) is 22.6. The smallest absolute Gasteiger partial charge is 0.309 e. The molecule has 0 saturated carbocycles. The first kappa shape index (κ1) is 25.9. The zero-order chi connectivity index (χ0) is 28.1. The summed E-state index contributed by atoms with van der Waals surface area (Å²) in [6.07, 6.45) is 2.44. The number of nitrogens with zero attached hydrogens (tertiary/aromatic N) is 2. The van der Waals surface area contributed by atoms with Crippen LogP contribution in [0.4, 0.5) is 11.4 Å². The first-order chi connectivity index (χ1) is 19.2. The van der Waals surface area contributed by atoms with Crippen molar-refractivity contribution in [3.8, 4) is 0 Å². The number of thiophene rings is 1. The molecule has 0 bridgehead atoms. The zero-order valence-electron chi connectivity index (χ0n) is 21.8. The van der Waals surface area contributed by atoms with Gasteiger partial charge in [-0.3, -0.25) is 24.0 Å². The average molecular weight is 562 g/mol. The van der Waals surface area contributed by atoms with Crippen LogP contribution in [-0.4, -0.2) is 35.0 Å². The highest BCUT2D eigenvalue weighted by Crippen LogP contribution is 2.36. The molecular formula is C28H27N5O6S.